The molecule has 0 spiro atoms. The van der Waals surface area contributed by atoms with E-state index < -0.39 is 62.0 Å². The van der Waals surface area contributed by atoms with E-state index in [9.17, 15) is 27.6 Å². The summed E-state index contributed by atoms with van der Waals surface area (Å²) in [6, 6.07) is 15.0. The third-order valence-corrected chi connectivity index (χ3v) is 14.5. The number of esters is 1. The topological polar surface area (TPSA) is 149 Å². The zero-order valence-corrected chi connectivity index (χ0v) is 35.2. The molecule has 3 aromatic rings. The lowest BCUT2D eigenvalue weighted by Gasteiger charge is -2.35. The van der Waals surface area contributed by atoms with Gasteiger partial charge in [-0.2, -0.15) is 0 Å². The van der Waals surface area contributed by atoms with Crippen LogP contribution in [0.5, 0.6) is 5.75 Å². The molecule has 4 bridgehead atoms. The number of Topliss-reactive ketones (excluding diaryl/α,β-unsaturated/α-hetero) is 1. The zero-order chi connectivity index (χ0) is 41.6. The van der Waals surface area contributed by atoms with Crippen molar-refractivity contribution in [2.75, 3.05) is 13.2 Å². The minimum atomic E-state index is -3.86. The first-order valence-corrected chi connectivity index (χ1v) is 22.4. The summed E-state index contributed by atoms with van der Waals surface area (Å²) in [5.41, 5.74) is 2.77. The quantitative estimate of drug-likeness (QED) is 0.183. The Balaban J connectivity index is 1.27. The lowest BCUT2D eigenvalue weighted by Crippen LogP contribution is -2.48. The fourth-order valence-corrected chi connectivity index (χ4v) is 10.1. The number of sulfonamides is 1. The minimum absolute atomic E-state index is 0.0667. The van der Waals surface area contributed by atoms with E-state index in [2.05, 4.69) is 37.3 Å². The predicted molar refractivity (Wildman–Crippen MR) is 222 cm³/mol. The average Bonchev–Trinajstić information content (AvgIpc) is 4.11. The number of hydrogen-bond acceptors (Lipinski definition) is 9. The number of benzene rings is 2. The van der Waals surface area contributed by atoms with Crippen LogP contribution in [-0.2, 0) is 40.4 Å². The highest BCUT2D eigenvalue weighted by molar-refractivity contribution is 7.90. The molecule has 310 valence electrons. The Kier molecular flexibility index (Phi) is 11.6. The van der Waals surface area contributed by atoms with Crippen LogP contribution in [0.1, 0.15) is 96.6 Å². The molecule has 1 saturated heterocycles. The highest BCUT2D eigenvalue weighted by Crippen LogP contribution is 2.57. The van der Waals surface area contributed by atoms with Gasteiger partial charge in [-0.25, -0.2) is 13.4 Å². The van der Waals surface area contributed by atoms with Crippen molar-refractivity contribution in [1.29, 1.82) is 0 Å². The number of cyclic esters (lactones) is 1. The monoisotopic (exact) mass is 811 g/mol. The van der Waals surface area contributed by atoms with Crippen LogP contribution in [0, 0.1) is 35.5 Å². The Morgan fingerprint density at radius 1 is 1.07 bits per heavy atom. The largest absolute Gasteiger partial charge is 0.488 e. The number of fused-ring (bicyclic) bond motifs is 3. The summed E-state index contributed by atoms with van der Waals surface area (Å²) in [5.74, 6) is -2.38. The van der Waals surface area contributed by atoms with Crippen LogP contribution in [0.4, 0.5) is 0 Å². The van der Waals surface area contributed by atoms with Crippen molar-refractivity contribution in [3.8, 4) is 17.0 Å². The molecule has 3 heterocycles. The number of rotatable bonds is 8. The highest BCUT2D eigenvalue weighted by atomic mass is 32.2. The standard InChI is InChI=1S/C46H57N3O8S/c1-7-32-24-46(32,44(53)48-58(54,55)34-17-18-34)25-40(50)39-21-33-26-49(39)43(52)36(45(4,5)6)22-42(51)56-27-28(2)13-11-12-16-31-20-35-38(19-29(31)3)47-37(23-41(35)57-33)30-14-9-8-10-15-30/h7-10,14-15,19-20,23,28,32-34,36,39H,1,11-13,16-18,21-22,24-27H2,2-6H3,(H,48,53)/t28?,32-,33-,36-,39+,46-/m1/s1. The molecule has 2 aromatic carbocycles. The smallest absolute Gasteiger partial charge is 0.306 e. The van der Waals surface area contributed by atoms with E-state index in [-0.39, 0.29) is 56.4 Å². The summed E-state index contributed by atoms with van der Waals surface area (Å²) >= 11 is 0. The van der Waals surface area contributed by atoms with Crippen molar-refractivity contribution >= 4 is 44.5 Å². The number of aryl methyl sites for hydroxylation is 2. The first kappa shape index (κ1) is 41.6. The van der Waals surface area contributed by atoms with Gasteiger partial charge in [0.05, 0.1) is 53.4 Å². The number of amides is 2. The molecular formula is C46H57N3O8S. The third-order valence-electron chi connectivity index (χ3n) is 12.7. The number of hydrogen-bond donors (Lipinski definition) is 1. The first-order chi connectivity index (χ1) is 27.5. The molecule has 12 heteroatoms. The van der Waals surface area contributed by atoms with Crippen molar-refractivity contribution in [3.05, 3.63) is 72.3 Å². The lowest BCUT2D eigenvalue weighted by molar-refractivity contribution is -0.154. The number of ether oxygens (including phenoxy) is 2. The molecule has 7 rings (SSSR count). The summed E-state index contributed by atoms with van der Waals surface area (Å²) in [6.07, 6.45) is 5.60. The number of carbonyl (C=O) groups is 4. The van der Waals surface area contributed by atoms with Crippen LogP contribution >= 0.6 is 0 Å². The molecule has 2 aliphatic carbocycles. The van der Waals surface area contributed by atoms with E-state index in [4.69, 9.17) is 14.5 Å². The number of carbonyl (C=O) groups excluding carboxylic acids is 4. The first-order valence-electron chi connectivity index (χ1n) is 20.8. The van der Waals surface area contributed by atoms with Crippen molar-refractivity contribution in [3.63, 3.8) is 0 Å². The molecule has 3 fully saturated rings. The van der Waals surface area contributed by atoms with Crippen LogP contribution in [0.2, 0.25) is 0 Å². The molecule has 11 nitrogen and oxygen atoms in total. The van der Waals surface area contributed by atoms with Gasteiger partial charge in [0.15, 0.2) is 5.78 Å². The minimum Gasteiger partial charge on any atom is -0.488 e. The Labute approximate surface area is 342 Å². The number of allylic oxidation sites excluding steroid dienone is 1. The van der Waals surface area contributed by atoms with Gasteiger partial charge in [-0.05, 0) is 86.0 Å². The third kappa shape index (κ3) is 8.87. The molecule has 58 heavy (non-hydrogen) atoms. The number of nitrogens with one attached hydrogen (secondary N) is 1. The van der Waals surface area contributed by atoms with Crippen molar-refractivity contribution in [1.82, 2.24) is 14.6 Å². The number of nitrogens with zero attached hydrogens (tertiary/aromatic N) is 2. The summed E-state index contributed by atoms with van der Waals surface area (Å²) in [4.78, 5) is 63.2. The van der Waals surface area contributed by atoms with Gasteiger partial charge in [0.2, 0.25) is 21.8 Å². The summed E-state index contributed by atoms with van der Waals surface area (Å²) in [5, 5.41) is 0.231. The molecule has 1 N–H and O–H groups in total. The van der Waals surface area contributed by atoms with Gasteiger partial charge < -0.3 is 14.4 Å². The van der Waals surface area contributed by atoms with Gasteiger partial charge in [0.25, 0.3) is 0 Å². The Morgan fingerprint density at radius 3 is 2.48 bits per heavy atom. The number of aromatic nitrogens is 1. The van der Waals surface area contributed by atoms with E-state index in [1.807, 2.05) is 57.2 Å². The molecule has 2 aliphatic heterocycles. The van der Waals surface area contributed by atoms with E-state index in [1.165, 1.54) is 10.5 Å². The molecular weight excluding hydrogens is 755 g/mol. The normalized spacial score (nSPS) is 27.2. The molecule has 6 atom stereocenters. The Morgan fingerprint density at radius 2 is 1.81 bits per heavy atom. The van der Waals surface area contributed by atoms with Gasteiger partial charge in [-0.15, -0.1) is 6.58 Å². The molecule has 2 amide bonds. The van der Waals surface area contributed by atoms with E-state index in [0.717, 1.165) is 53.4 Å². The van der Waals surface area contributed by atoms with Gasteiger partial charge >= 0.3 is 5.97 Å². The van der Waals surface area contributed by atoms with Crippen LogP contribution in [0.15, 0.2) is 61.2 Å². The van der Waals surface area contributed by atoms with Gasteiger partial charge in [0, 0.05) is 29.9 Å². The molecule has 0 radical (unpaired) electrons. The summed E-state index contributed by atoms with van der Waals surface area (Å²) in [7, 11) is -3.86. The fraction of sp³-hybridized carbons (Fsp3) is 0.543. The molecule has 1 unspecified atom stereocenters. The summed E-state index contributed by atoms with van der Waals surface area (Å²) < 4.78 is 40.6. The van der Waals surface area contributed by atoms with Crippen LogP contribution < -0.4 is 9.46 Å². The zero-order valence-electron chi connectivity index (χ0n) is 34.4. The van der Waals surface area contributed by atoms with Crippen LogP contribution in [0.3, 0.4) is 0 Å². The molecule has 4 aliphatic rings. The van der Waals surface area contributed by atoms with Gasteiger partial charge in [0.1, 0.15) is 11.9 Å². The maximum atomic E-state index is 14.9. The average molecular weight is 812 g/mol. The van der Waals surface area contributed by atoms with E-state index >= 15 is 0 Å². The second-order valence-corrected chi connectivity index (χ2v) is 20.3. The van der Waals surface area contributed by atoms with Gasteiger partial charge in [-0.3, -0.25) is 23.9 Å². The van der Waals surface area contributed by atoms with Gasteiger partial charge in [-0.1, -0.05) is 70.5 Å². The summed E-state index contributed by atoms with van der Waals surface area (Å²) in [6.45, 7) is 14.0. The van der Waals surface area contributed by atoms with Crippen LogP contribution in [0.25, 0.3) is 22.2 Å². The maximum absolute atomic E-state index is 14.9. The molecule has 2 saturated carbocycles. The number of ketones is 1. The van der Waals surface area contributed by atoms with Crippen molar-refractivity contribution < 1.29 is 37.1 Å². The van der Waals surface area contributed by atoms with Crippen molar-refractivity contribution in [2.24, 2.45) is 28.6 Å². The number of pyridine rings is 1. The Hall–Kier alpha value is -4.58. The van der Waals surface area contributed by atoms with Crippen LogP contribution in [-0.4, -0.2) is 72.4 Å². The highest BCUT2D eigenvalue weighted by Gasteiger charge is 2.61. The Bertz CT molecular complexity index is 2210. The predicted octanol–water partition coefficient (Wildman–Crippen LogP) is 7.28. The second kappa shape index (κ2) is 16.2. The van der Waals surface area contributed by atoms with E-state index in [1.54, 1.807) is 6.08 Å². The SMILES string of the molecule is C=C[C@@H]1C[C@]1(CC(=O)[C@@H]1C[C@@H]2CN1C(=O)[C@H](C(C)(C)C)CC(=O)OCC(C)CCCCc1cc3c(cc(-c4ccccc4)nc3cc1C)O2)C(=O)NS(=O)(=O)C1CC1. The van der Waals surface area contributed by atoms with Crippen molar-refractivity contribution in [2.45, 2.75) is 116 Å². The fourth-order valence-electron chi connectivity index (χ4n) is 8.75. The van der Waals surface area contributed by atoms with E-state index in [0.29, 0.717) is 18.6 Å². The second-order valence-electron chi connectivity index (χ2n) is 18.3. The maximum Gasteiger partial charge on any atom is 0.306 e. The lowest BCUT2D eigenvalue weighted by atomic mass is 9.77. The molecule has 1 aromatic heterocycles.